The van der Waals surface area contributed by atoms with Gasteiger partial charge in [-0.25, -0.2) is 0 Å². The van der Waals surface area contributed by atoms with E-state index in [9.17, 15) is 0 Å². The molecule has 2 unspecified atom stereocenters. The third-order valence-corrected chi connectivity index (χ3v) is 4.01. The minimum atomic E-state index is 0.669. The van der Waals surface area contributed by atoms with Crippen molar-refractivity contribution in [2.45, 2.75) is 39.8 Å². The van der Waals surface area contributed by atoms with Gasteiger partial charge in [0.05, 0.1) is 5.69 Å². The molecular weight excluding hydrogens is 222 g/mol. The van der Waals surface area contributed by atoms with Crippen LogP contribution in [0.1, 0.15) is 31.7 Å². The molecule has 1 aliphatic rings. The summed E-state index contributed by atoms with van der Waals surface area (Å²) in [6.07, 6.45) is 1.26. The lowest BCUT2D eigenvalue weighted by molar-refractivity contribution is 0.167. The Morgan fingerprint density at radius 2 is 2.17 bits per heavy atom. The van der Waals surface area contributed by atoms with Gasteiger partial charge in [0.15, 0.2) is 0 Å². The van der Waals surface area contributed by atoms with Gasteiger partial charge in [0.2, 0.25) is 0 Å². The first-order valence-corrected chi connectivity index (χ1v) is 7.11. The molecule has 1 saturated heterocycles. The first kappa shape index (κ1) is 13.5. The van der Waals surface area contributed by atoms with Crippen molar-refractivity contribution in [1.29, 1.82) is 0 Å². The van der Waals surface area contributed by atoms with E-state index in [0.717, 1.165) is 31.2 Å². The van der Waals surface area contributed by atoms with Crippen molar-refractivity contribution in [2.75, 3.05) is 19.6 Å². The van der Waals surface area contributed by atoms with Gasteiger partial charge in [0.25, 0.3) is 0 Å². The normalized spacial score (nSPS) is 23.8. The predicted octanol–water partition coefficient (Wildman–Crippen LogP) is 2.21. The quantitative estimate of drug-likeness (QED) is 0.864. The Balaban J connectivity index is 2.05. The van der Waals surface area contributed by atoms with E-state index in [1.807, 2.05) is 0 Å². The topological polar surface area (TPSA) is 28.2 Å². The summed E-state index contributed by atoms with van der Waals surface area (Å²) in [5.74, 6) is 0.787. The van der Waals surface area contributed by atoms with Gasteiger partial charge in [0, 0.05) is 24.8 Å². The average Bonchev–Trinajstić information content (AvgIpc) is 2.84. The maximum Gasteiger partial charge on any atom is 0.0547 e. The predicted molar refractivity (Wildman–Crippen MR) is 75.5 cm³/mol. The number of aryl methyl sites for hydroxylation is 1. The summed E-state index contributed by atoms with van der Waals surface area (Å²) in [7, 11) is 0. The lowest BCUT2D eigenvalue weighted by Crippen LogP contribution is -2.40. The molecule has 1 N–H and O–H groups in total. The van der Waals surface area contributed by atoms with E-state index in [2.05, 4.69) is 54.2 Å². The molecular formula is C15H25N3. The summed E-state index contributed by atoms with van der Waals surface area (Å²) >= 11 is 0. The molecule has 0 aliphatic carbocycles. The zero-order valence-electron chi connectivity index (χ0n) is 11.8. The largest absolute Gasteiger partial charge is 0.315 e. The third-order valence-electron chi connectivity index (χ3n) is 4.01. The van der Waals surface area contributed by atoms with Gasteiger partial charge in [-0.15, -0.1) is 0 Å². The van der Waals surface area contributed by atoms with Crippen molar-refractivity contribution in [3.63, 3.8) is 0 Å². The van der Waals surface area contributed by atoms with Gasteiger partial charge >= 0.3 is 0 Å². The highest BCUT2D eigenvalue weighted by atomic mass is 15.2. The first-order valence-electron chi connectivity index (χ1n) is 7.11. The molecule has 0 bridgehead atoms. The Morgan fingerprint density at radius 1 is 1.33 bits per heavy atom. The Bertz CT molecular complexity index is 378. The van der Waals surface area contributed by atoms with Crippen LogP contribution in [-0.2, 0) is 6.54 Å². The number of rotatable bonds is 5. The van der Waals surface area contributed by atoms with Crippen LogP contribution in [0.25, 0.3) is 0 Å². The maximum atomic E-state index is 4.62. The molecule has 1 aromatic rings. The average molecular weight is 247 g/mol. The van der Waals surface area contributed by atoms with Crippen molar-refractivity contribution < 1.29 is 0 Å². The first-order chi connectivity index (χ1) is 8.74. The van der Waals surface area contributed by atoms with E-state index in [-0.39, 0.29) is 0 Å². The molecule has 0 radical (unpaired) electrons. The zero-order chi connectivity index (χ0) is 13.0. The second-order valence-corrected chi connectivity index (χ2v) is 5.23. The van der Waals surface area contributed by atoms with Crippen molar-refractivity contribution in [3.8, 4) is 0 Å². The Hall–Kier alpha value is -0.930. The fraction of sp³-hybridized carbons (Fsp3) is 0.667. The number of hydrogen-bond acceptors (Lipinski definition) is 3. The Labute approximate surface area is 111 Å². The molecule has 0 aromatic carbocycles. The third kappa shape index (κ3) is 3.09. The molecule has 18 heavy (non-hydrogen) atoms. The number of pyridine rings is 1. The second-order valence-electron chi connectivity index (χ2n) is 5.23. The molecule has 1 aromatic heterocycles. The van der Waals surface area contributed by atoms with E-state index < -0.39 is 0 Å². The summed E-state index contributed by atoms with van der Waals surface area (Å²) in [6.45, 7) is 11.0. The van der Waals surface area contributed by atoms with Crippen LogP contribution in [0.2, 0.25) is 0 Å². The minimum Gasteiger partial charge on any atom is -0.315 e. The van der Waals surface area contributed by atoms with Crippen molar-refractivity contribution >= 4 is 0 Å². The van der Waals surface area contributed by atoms with Crippen LogP contribution in [-0.4, -0.2) is 35.6 Å². The number of aromatic nitrogens is 1. The Morgan fingerprint density at radius 3 is 2.83 bits per heavy atom. The van der Waals surface area contributed by atoms with Crippen molar-refractivity contribution in [2.24, 2.45) is 5.92 Å². The van der Waals surface area contributed by atoms with Gasteiger partial charge in [-0.1, -0.05) is 26.3 Å². The van der Waals surface area contributed by atoms with E-state index >= 15 is 0 Å². The number of hydrogen-bond donors (Lipinski definition) is 1. The lowest BCUT2D eigenvalue weighted by atomic mass is 9.99. The fourth-order valence-corrected chi connectivity index (χ4v) is 2.92. The van der Waals surface area contributed by atoms with Gasteiger partial charge in [0.1, 0.15) is 0 Å². The highest BCUT2D eigenvalue weighted by Gasteiger charge is 2.29. The molecule has 0 saturated carbocycles. The highest BCUT2D eigenvalue weighted by Crippen LogP contribution is 2.20. The van der Waals surface area contributed by atoms with Crippen molar-refractivity contribution in [3.05, 3.63) is 29.6 Å². The smallest absolute Gasteiger partial charge is 0.0547 e. The van der Waals surface area contributed by atoms with Crippen LogP contribution in [0.4, 0.5) is 0 Å². The summed E-state index contributed by atoms with van der Waals surface area (Å²) < 4.78 is 0. The standard InChI is InChI=1S/C15H25N3/c1-4-13-9-16-10-15(13)18(5-2)11-14-8-6-7-12(3)17-14/h6-8,13,15-16H,4-5,9-11H2,1-3H3. The van der Waals surface area contributed by atoms with Gasteiger partial charge in [-0.05, 0) is 38.1 Å². The molecule has 2 atom stereocenters. The number of likely N-dealkylation sites (N-methyl/N-ethyl adjacent to an activating group) is 1. The van der Waals surface area contributed by atoms with Crippen LogP contribution in [0.5, 0.6) is 0 Å². The molecule has 2 rings (SSSR count). The summed E-state index contributed by atoms with van der Waals surface area (Å²) in [6, 6.07) is 6.97. The van der Waals surface area contributed by atoms with Gasteiger partial charge in [-0.2, -0.15) is 0 Å². The number of nitrogens with one attached hydrogen (secondary N) is 1. The number of nitrogens with zero attached hydrogens (tertiary/aromatic N) is 2. The summed E-state index contributed by atoms with van der Waals surface area (Å²) in [4.78, 5) is 7.19. The van der Waals surface area contributed by atoms with Gasteiger partial charge in [-0.3, -0.25) is 9.88 Å². The molecule has 3 nitrogen and oxygen atoms in total. The van der Waals surface area contributed by atoms with E-state index in [4.69, 9.17) is 0 Å². The molecule has 100 valence electrons. The lowest BCUT2D eigenvalue weighted by Gasteiger charge is -2.30. The summed E-state index contributed by atoms with van der Waals surface area (Å²) in [5.41, 5.74) is 2.30. The highest BCUT2D eigenvalue weighted by molar-refractivity contribution is 5.10. The molecule has 0 spiro atoms. The molecule has 1 aliphatic heterocycles. The van der Waals surface area contributed by atoms with E-state index in [1.165, 1.54) is 18.7 Å². The van der Waals surface area contributed by atoms with Crippen LogP contribution in [0.3, 0.4) is 0 Å². The SMILES string of the molecule is CCC1CNCC1N(CC)Cc1cccc(C)n1. The van der Waals surface area contributed by atoms with E-state index in [0.29, 0.717) is 6.04 Å². The van der Waals surface area contributed by atoms with Crippen LogP contribution < -0.4 is 5.32 Å². The summed E-state index contributed by atoms with van der Waals surface area (Å²) in [5, 5.41) is 3.52. The fourth-order valence-electron chi connectivity index (χ4n) is 2.92. The van der Waals surface area contributed by atoms with Crippen molar-refractivity contribution in [1.82, 2.24) is 15.2 Å². The Kier molecular flexibility index (Phi) is 4.72. The van der Waals surface area contributed by atoms with Crippen LogP contribution >= 0.6 is 0 Å². The minimum absolute atomic E-state index is 0.669. The molecule has 3 heteroatoms. The van der Waals surface area contributed by atoms with Gasteiger partial charge < -0.3 is 5.32 Å². The second kappa shape index (κ2) is 6.30. The van der Waals surface area contributed by atoms with E-state index in [1.54, 1.807) is 0 Å². The molecule has 0 amide bonds. The zero-order valence-corrected chi connectivity index (χ0v) is 11.8. The molecule has 2 heterocycles. The molecule has 1 fully saturated rings. The van der Waals surface area contributed by atoms with Crippen LogP contribution in [0.15, 0.2) is 18.2 Å². The monoisotopic (exact) mass is 247 g/mol. The maximum absolute atomic E-state index is 4.62. The van der Waals surface area contributed by atoms with Crippen LogP contribution in [0, 0.1) is 12.8 Å².